The van der Waals surface area contributed by atoms with Crippen molar-refractivity contribution in [1.82, 2.24) is 14.6 Å². The Labute approximate surface area is 244 Å². The van der Waals surface area contributed by atoms with E-state index in [-0.39, 0.29) is 23.8 Å². The van der Waals surface area contributed by atoms with E-state index >= 15 is 0 Å². The predicted octanol–water partition coefficient (Wildman–Crippen LogP) is 5.55. The lowest BCUT2D eigenvalue weighted by Gasteiger charge is -2.38. The number of likely N-dealkylation sites (N-methyl/N-ethyl adjacent to an activating group) is 1. The van der Waals surface area contributed by atoms with Crippen LogP contribution in [0.2, 0.25) is 5.02 Å². The van der Waals surface area contributed by atoms with Crippen LogP contribution in [0.5, 0.6) is 0 Å². The smallest absolute Gasteiger partial charge is 0.244 e. The highest BCUT2D eigenvalue weighted by atomic mass is 35.5. The number of carbonyl (C=O) groups excluding carboxylic acids is 1. The lowest BCUT2D eigenvalue weighted by molar-refractivity contribution is -0.869. The molecule has 0 aliphatic rings. The van der Waals surface area contributed by atoms with Crippen molar-refractivity contribution in [3.05, 3.63) is 82.6 Å². The number of nitrogens with one attached hydrogen (secondary N) is 1. The number of carbonyl (C=O) groups is 1. The molecule has 0 saturated carbocycles. The van der Waals surface area contributed by atoms with Crippen LogP contribution in [0.4, 0.5) is 0 Å². The average Bonchev–Trinajstić information content (AvgIpc) is 2.87. The van der Waals surface area contributed by atoms with Crippen LogP contribution in [0, 0.1) is 13.8 Å². The van der Waals surface area contributed by atoms with Gasteiger partial charge in [0.2, 0.25) is 15.9 Å². The Morgan fingerprint density at radius 1 is 1.07 bits per heavy atom. The number of aryl methyl sites for hydroxylation is 1. The number of hydrogen-bond acceptors (Lipinski definition) is 4. The summed E-state index contributed by atoms with van der Waals surface area (Å²) in [6, 6.07) is 14.8. The van der Waals surface area contributed by atoms with Crippen LogP contribution in [0.3, 0.4) is 0 Å². The summed E-state index contributed by atoms with van der Waals surface area (Å²) in [7, 11) is 2.23. The first-order valence-corrected chi connectivity index (χ1v) is 15.3. The standard InChI is InChI=1S/C31H41ClN4O3S/c1-23-22-33-17-16-27(23)25-11-8-12-26(21-25)31(3,4)35(19-10-15-30(37)34-18-20-36(5,6)7)40(38,39)29-14-9-13-28(32)24(29)2/h8-9,11-14,16-17,21-22H,10,15,18-20H2,1-7H3/p+1. The van der Waals surface area contributed by atoms with E-state index in [1.165, 1.54) is 4.31 Å². The highest BCUT2D eigenvalue weighted by Gasteiger charge is 2.39. The highest BCUT2D eigenvalue weighted by molar-refractivity contribution is 7.89. The molecule has 0 unspecified atom stereocenters. The molecule has 3 rings (SSSR count). The average molecular weight is 586 g/mol. The molecule has 0 aliphatic heterocycles. The van der Waals surface area contributed by atoms with Crippen molar-refractivity contribution in [1.29, 1.82) is 0 Å². The van der Waals surface area contributed by atoms with Crippen molar-refractivity contribution in [2.45, 2.75) is 51.0 Å². The second-order valence-electron chi connectivity index (χ2n) is 11.7. The van der Waals surface area contributed by atoms with Crippen molar-refractivity contribution >= 4 is 27.5 Å². The van der Waals surface area contributed by atoms with Crippen LogP contribution in [0.15, 0.2) is 65.8 Å². The first-order chi connectivity index (χ1) is 18.6. The Balaban J connectivity index is 1.96. The molecule has 0 aliphatic carbocycles. The molecule has 1 amide bonds. The summed E-state index contributed by atoms with van der Waals surface area (Å²) < 4.78 is 30.8. The van der Waals surface area contributed by atoms with Gasteiger partial charge in [0.15, 0.2) is 0 Å². The minimum atomic E-state index is -3.98. The Morgan fingerprint density at radius 3 is 2.45 bits per heavy atom. The van der Waals surface area contributed by atoms with E-state index in [1.54, 1.807) is 31.3 Å². The molecule has 1 heterocycles. The second kappa shape index (κ2) is 12.8. The van der Waals surface area contributed by atoms with E-state index in [0.717, 1.165) is 33.3 Å². The number of amides is 1. The van der Waals surface area contributed by atoms with E-state index in [2.05, 4.69) is 31.4 Å². The Morgan fingerprint density at radius 2 is 1.77 bits per heavy atom. The summed E-state index contributed by atoms with van der Waals surface area (Å²) in [6.07, 6.45) is 4.17. The van der Waals surface area contributed by atoms with Gasteiger partial charge in [0.05, 0.1) is 44.7 Å². The first kappa shape index (κ1) is 31.7. The number of quaternary nitrogens is 1. The van der Waals surface area contributed by atoms with Crippen LogP contribution in [-0.4, -0.2) is 68.9 Å². The van der Waals surface area contributed by atoms with Gasteiger partial charge < -0.3 is 9.80 Å². The van der Waals surface area contributed by atoms with Gasteiger partial charge in [-0.2, -0.15) is 4.31 Å². The lowest BCUT2D eigenvalue weighted by Crippen LogP contribution is -2.46. The molecular formula is C31H42ClN4O3S+. The van der Waals surface area contributed by atoms with E-state index in [4.69, 9.17) is 11.6 Å². The van der Waals surface area contributed by atoms with Gasteiger partial charge in [-0.3, -0.25) is 9.78 Å². The fourth-order valence-corrected chi connectivity index (χ4v) is 6.99. The molecule has 1 N–H and O–H groups in total. The molecule has 3 aromatic rings. The van der Waals surface area contributed by atoms with E-state index in [0.29, 0.717) is 23.6 Å². The largest absolute Gasteiger partial charge is 0.350 e. The second-order valence-corrected chi connectivity index (χ2v) is 14.0. The lowest BCUT2D eigenvalue weighted by atomic mass is 9.90. The van der Waals surface area contributed by atoms with Crippen LogP contribution in [0.1, 0.15) is 43.4 Å². The molecule has 0 atom stereocenters. The molecule has 40 heavy (non-hydrogen) atoms. The van der Waals surface area contributed by atoms with Crippen LogP contribution in [0.25, 0.3) is 11.1 Å². The van der Waals surface area contributed by atoms with E-state index in [1.807, 2.05) is 57.3 Å². The summed E-state index contributed by atoms with van der Waals surface area (Å²) in [5.74, 6) is -0.0855. The van der Waals surface area contributed by atoms with Gasteiger partial charge in [-0.15, -0.1) is 0 Å². The highest BCUT2D eigenvalue weighted by Crippen LogP contribution is 2.37. The SMILES string of the molecule is Cc1cnccc1-c1cccc(C(C)(C)N(CCCC(=O)NCC[N+](C)(C)C)S(=O)(=O)c2cccc(Cl)c2C)c1. The number of benzene rings is 2. The van der Waals surface area contributed by atoms with Gasteiger partial charge in [-0.05, 0) is 86.2 Å². The predicted molar refractivity (Wildman–Crippen MR) is 163 cm³/mol. The molecule has 216 valence electrons. The molecule has 0 saturated heterocycles. The fraction of sp³-hybridized carbons (Fsp3) is 0.419. The number of pyridine rings is 1. The number of hydrogen-bond donors (Lipinski definition) is 1. The molecule has 2 aromatic carbocycles. The zero-order chi connectivity index (χ0) is 29.7. The molecule has 0 radical (unpaired) electrons. The molecule has 0 fully saturated rings. The number of halogens is 1. The zero-order valence-electron chi connectivity index (χ0n) is 24.7. The zero-order valence-corrected chi connectivity index (χ0v) is 26.2. The number of sulfonamides is 1. The number of nitrogens with zero attached hydrogens (tertiary/aromatic N) is 3. The molecular weight excluding hydrogens is 544 g/mol. The molecule has 0 spiro atoms. The molecule has 0 bridgehead atoms. The number of rotatable bonds is 12. The van der Waals surface area contributed by atoms with Crippen LogP contribution < -0.4 is 5.32 Å². The third kappa shape index (κ3) is 7.69. The van der Waals surface area contributed by atoms with E-state index in [9.17, 15) is 13.2 Å². The normalized spacial score (nSPS) is 12.5. The summed E-state index contributed by atoms with van der Waals surface area (Å²) >= 11 is 6.34. The summed E-state index contributed by atoms with van der Waals surface area (Å²) in [6.45, 7) is 9.08. The maximum atomic E-state index is 14.2. The summed E-state index contributed by atoms with van der Waals surface area (Å²) in [4.78, 5) is 16.9. The van der Waals surface area contributed by atoms with Crippen molar-refractivity contribution in [2.24, 2.45) is 0 Å². The number of aromatic nitrogens is 1. The minimum absolute atomic E-state index is 0.0855. The van der Waals surface area contributed by atoms with Gasteiger partial charge in [0, 0.05) is 30.4 Å². The Kier molecular flexibility index (Phi) is 10.2. The van der Waals surface area contributed by atoms with Crippen molar-refractivity contribution in [3.8, 4) is 11.1 Å². The van der Waals surface area contributed by atoms with Gasteiger partial charge in [0.1, 0.15) is 0 Å². The fourth-order valence-electron chi connectivity index (χ4n) is 4.70. The van der Waals surface area contributed by atoms with Crippen molar-refractivity contribution in [3.63, 3.8) is 0 Å². The summed E-state index contributed by atoms with van der Waals surface area (Å²) in [5.41, 5.74) is 3.48. The van der Waals surface area contributed by atoms with Gasteiger partial charge in [-0.25, -0.2) is 8.42 Å². The van der Waals surface area contributed by atoms with Crippen LogP contribution >= 0.6 is 11.6 Å². The van der Waals surface area contributed by atoms with Crippen LogP contribution in [-0.2, 0) is 20.4 Å². The topological polar surface area (TPSA) is 79.4 Å². The third-order valence-electron chi connectivity index (χ3n) is 7.18. The molecule has 9 heteroatoms. The summed E-state index contributed by atoms with van der Waals surface area (Å²) in [5, 5.41) is 3.35. The van der Waals surface area contributed by atoms with Gasteiger partial charge >= 0.3 is 0 Å². The van der Waals surface area contributed by atoms with Crippen molar-refractivity contribution < 1.29 is 17.7 Å². The molecule has 1 aromatic heterocycles. The Hall–Kier alpha value is -2.78. The third-order valence-corrected chi connectivity index (χ3v) is 9.81. The Bertz CT molecular complexity index is 1450. The van der Waals surface area contributed by atoms with Gasteiger partial charge in [-0.1, -0.05) is 35.9 Å². The molecule has 7 nitrogen and oxygen atoms in total. The monoisotopic (exact) mass is 585 g/mol. The maximum absolute atomic E-state index is 14.2. The van der Waals surface area contributed by atoms with Crippen molar-refractivity contribution in [2.75, 3.05) is 40.8 Å². The maximum Gasteiger partial charge on any atom is 0.244 e. The van der Waals surface area contributed by atoms with E-state index < -0.39 is 15.6 Å². The first-order valence-electron chi connectivity index (χ1n) is 13.5. The minimum Gasteiger partial charge on any atom is -0.350 e. The quantitative estimate of drug-likeness (QED) is 0.283. The van der Waals surface area contributed by atoms with Gasteiger partial charge in [0.25, 0.3) is 0 Å².